The number of benzene rings is 1. The molecule has 1 aromatic heterocycles. The molecule has 2 unspecified atom stereocenters. The summed E-state index contributed by atoms with van der Waals surface area (Å²) in [5.41, 5.74) is -1.13. The number of carbonyl (C=O) groups excluding carboxylic acids is 1. The minimum Gasteiger partial charge on any atom is -0.531 e. The van der Waals surface area contributed by atoms with Gasteiger partial charge in [0.1, 0.15) is 5.37 Å². The molecular formula is C17H13F3N3O2S-. The summed E-state index contributed by atoms with van der Waals surface area (Å²) in [6, 6.07) is 9.48. The van der Waals surface area contributed by atoms with Crippen LogP contribution in [0.1, 0.15) is 21.5 Å². The van der Waals surface area contributed by atoms with Crippen molar-refractivity contribution in [2.24, 2.45) is 0 Å². The second-order valence-corrected chi connectivity index (χ2v) is 7.62. The van der Waals surface area contributed by atoms with Crippen LogP contribution in [0, 0.1) is 11.0 Å². The lowest BCUT2D eigenvalue weighted by atomic mass is 10.1. The Morgan fingerprint density at radius 1 is 1.27 bits per heavy atom. The van der Waals surface area contributed by atoms with E-state index in [0.717, 1.165) is 23.4 Å². The Balaban J connectivity index is 1.99. The van der Waals surface area contributed by atoms with Crippen LogP contribution in [0.4, 0.5) is 13.2 Å². The second kappa shape index (κ2) is 6.56. The molecule has 2 aromatic rings. The van der Waals surface area contributed by atoms with Crippen molar-refractivity contribution in [2.45, 2.75) is 18.1 Å². The van der Waals surface area contributed by atoms with Crippen molar-refractivity contribution in [3.8, 4) is 0 Å². The molecule has 0 spiro atoms. The largest absolute Gasteiger partial charge is 0.531 e. The Morgan fingerprint density at radius 2 is 1.96 bits per heavy atom. The van der Waals surface area contributed by atoms with E-state index < -0.39 is 38.2 Å². The molecule has 0 bridgehead atoms. The Morgan fingerprint density at radius 3 is 2.62 bits per heavy atom. The van der Waals surface area contributed by atoms with Crippen LogP contribution >= 0.6 is 0 Å². The van der Waals surface area contributed by atoms with E-state index in [4.69, 9.17) is 4.78 Å². The number of halogens is 3. The zero-order chi connectivity index (χ0) is 18.9. The van der Waals surface area contributed by atoms with Gasteiger partial charge in [-0.3, -0.25) is 9.78 Å². The summed E-state index contributed by atoms with van der Waals surface area (Å²) in [6.45, 7) is 0.0885. The van der Waals surface area contributed by atoms with Gasteiger partial charge in [-0.25, -0.2) is 8.99 Å². The highest BCUT2D eigenvalue weighted by Crippen LogP contribution is 2.34. The predicted octanol–water partition coefficient (Wildman–Crippen LogP) is 3.45. The number of nitrogens with zero attached hydrogens (tertiary/aromatic N) is 2. The van der Waals surface area contributed by atoms with E-state index in [-0.39, 0.29) is 6.54 Å². The molecule has 9 heteroatoms. The van der Waals surface area contributed by atoms with Crippen LogP contribution in [-0.2, 0) is 22.5 Å². The highest BCUT2D eigenvalue weighted by molar-refractivity contribution is 7.96. The SMILES string of the molecule is N=S1(=O)C=[C-]N(Cc2ccccc2)C1C(=O)c1cnccc1C(F)(F)F. The Bertz CT molecular complexity index is 957. The van der Waals surface area contributed by atoms with Gasteiger partial charge in [0, 0.05) is 18.9 Å². The first-order valence-corrected chi connectivity index (χ1v) is 9.11. The Labute approximate surface area is 148 Å². The van der Waals surface area contributed by atoms with Gasteiger partial charge >= 0.3 is 6.18 Å². The molecule has 0 fully saturated rings. The van der Waals surface area contributed by atoms with Crippen molar-refractivity contribution in [1.82, 2.24) is 9.88 Å². The molecule has 0 aliphatic carbocycles. The first-order chi connectivity index (χ1) is 12.2. The number of carbonyl (C=O) groups is 1. The third kappa shape index (κ3) is 3.48. The van der Waals surface area contributed by atoms with Gasteiger partial charge in [0.25, 0.3) is 0 Å². The lowest BCUT2D eigenvalue weighted by Gasteiger charge is -2.34. The van der Waals surface area contributed by atoms with E-state index in [9.17, 15) is 22.2 Å². The molecule has 136 valence electrons. The summed E-state index contributed by atoms with van der Waals surface area (Å²) in [5, 5.41) is -0.657. The molecule has 1 N–H and O–H groups in total. The van der Waals surface area contributed by atoms with Crippen LogP contribution in [0.5, 0.6) is 0 Å². The van der Waals surface area contributed by atoms with Crippen LogP contribution in [0.25, 0.3) is 0 Å². The van der Waals surface area contributed by atoms with Crippen LogP contribution in [-0.4, -0.2) is 25.2 Å². The Kier molecular flexibility index (Phi) is 4.57. The van der Waals surface area contributed by atoms with Gasteiger partial charge in [-0.2, -0.15) is 18.6 Å². The van der Waals surface area contributed by atoms with Crippen LogP contribution in [0.3, 0.4) is 0 Å². The van der Waals surface area contributed by atoms with E-state index in [1.54, 1.807) is 30.3 Å². The van der Waals surface area contributed by atoms with Gasteiger partial charge < -0.3 is 11.1 Å². The zero-order valence-corrected chi connectivity index (χ0v) is 14.1. The van der Waals surface area contributed by atoms with Gasteiger partial charge in [-0.1, -0.05) is 30.3 Å². The molecule has 0 saturated heterocycles. The highest BCUT2D eigenvalue weighted by Gasteiger charge is 2.39. The van der Waals surface area contributed by atoms with Gasteiger partial charge in [-0.15, -0.1) is 0 Å². The molecule has 5 nitrogen and oxygen atoms in total. The fraction of sp³-hybridized carbons (Fsp3) is 0.176. The summed E-state index contributed by atoms with van der Waals surface area (Å²) in [6.07, 6.45) is -0.470. The number of rotatable bonds is 4. The fourth-order valence-electron chi connectivity index (χ4n) is 2.65. The first-order valence-electron chi connectivity index (χ1n) is 7.43. The summed E-state index contributed by atoms with van der Waals surface area (Å²) in [7, 11) is -3.62. The van der Waals surface area contributed by atoms with Crippen LogP contribution in [0.2, 0.25) is 0 Å². The molecule has 0 radical (unpaired) electrons. The van der Waals surface area contributed by atoms with E-state index in [1.807, 2.05) is 0 Å². The average Bonchev–Trinajstić information content (AvgIpc) is 2.89. The molecule has 26 heavy (non-hydrogen) atoms. The molecule has 2 heterocycles. The van der Waals surface area contributed by atoms with Gasteiger partial charge in [0.05, 0.1) is 20.9 Å². The molecule has 1 aromatic carbocycles. The quantitative estimate of drug-likeness (QED) is 0.651. The summed E-state index contributed by atoms with van der Waals surface area (Å²) < 4.78 is 60.0. The third-order valence-electron chi connectivity index (χ3n) is 3.82. The number of alkyl halides is 3. The Hall–Kier alpha value is -2.68. The maximum atomic E-state index is 13.2. The second-order valence-electron chi connectivity index (χ2n) is 5.64. The lowest BCUT2D eigenvalue weighted by molar-refractivity contribution is -0.138. The van der Waals surface area contributed by atoms with E-state index in [2.05, 4.69) is 11.2 Å². The molecular weight excluding hydrogens is 367 g/mol. The number of ketones is 1. The number of nitrogens with one attached hydrogen (secondary N) is 1. The van der Waals surface area contributed by atoms with Crippen LogP contribution < -0.4 is 0 Å². The summed E-state index contributed by atoms with van der Waals surface area (Å²) >= 11 is 0. The van der Waals surface area contributed by atoms with E-state index >= 15 is 0 Å². The fourth-order valence-corrected chi connectivity index (χ4v) is 4.03. The number of Topliss-reactive ketones (excluding diaryl/α,β-unsaturated/α-hetero) is 1. The number of aromatic nitrogens is 1. The zero-order valence-electron chi connectivity index (χ0n) is 13.2. The van der Waals surface area contributed by atoms with Crippen molar-refractivity contribution in [3.63, 3.8) is 0 Å². The summed E-state index contributed by atoms with van der Waals surface area (Å²) in [5.74, 6) is -1.07. The highest BCUT2D eigenvalue weighted by atomic mass is 32.2. The first kappa shape index (κ1) is 18.1. The van der Waals surface area contributed by atoms with E-state index in [1.165, 1.54) is 4.90 Å². The maximum absolute atomic E-state index is 13.2. The molecule has 0 saturated carbocycles. The molecule has 1 aliphatic heterocycles. The molecule has 1 aliphatic rings. The molecule has 3 rings (SSSR count). The summed E-state index contributed by atoms with van der Waals surface area (Å²) in [4.78, 5) is 17.6. The number of pyridine rings is 1. The van der Waals surface area contributed by atoms with Gasteiger partial charge in [0.2, 0.25) is 0 Å². The van der Waals surface area contributed by atoms with Crippen molar-refractivity contribution in [2.75, 3.05) is 0 Å². The van der Waals surface area contributed by atoms with Crippen molar-refractivity contribution in [1.29, 1.82) is 4.78 Å². The molecule has 0 amide bonds. The van der Waals surface area contributed by atoms with Crippen molar-refractivity contribution < 1.29 is 22.2 Å². The minimum atomic E-state index is -4.77. The standard InChI is InChI=1S/C17H13F3N3O2S/c18-17(19,20)14-6-7-22-10-13(14)15(24)16-23(8-9-26(16,21)25)11-12-4-2-1-3-5-12/h1-7,9-10,16,21H,11H2/q-1. The van der Waals surface area contributed by atoms with Crippen LogP contribution in [0.15, 0.2) is 54.2 Å². The monoisotopic (exact) mass is 380 g/mol. The van der Waals surface area contributed by atoms with Gasteiger partial charge in [-0.05, 0) is 11.6 Å². The molecule has 2 atom stereocenters. The van der Waals surface area contributed by atoms with Gasteiger partial charge in [0.15, 0.2) is 5.78 Å². The van der Waals surface area contributed by atoms with E-state index in [0.29, 0.717) is 6.07 Å². The number of hydrogen-bond donors (Lipinski definition) is 1. The topological polar surface area (TPSA) is 74.1 Å². The number of hydrogen-bond acceptors (Lipinski definition) is 5. The minimum absolute atomic E-state index is 0.0885. The third-order valence-corrected chi connectivity index (χ3v) is 5.41. The predicted molar refractivity (Wildman–Crippen MR) is 88.0 cm³/mol. The average molecular weight is 380 g/mol. The normalized spacial score (nSPS) is 22.6. The smallest absolute Gasteiger partial charge is 0.417 e. The van der Waals surface area contributed by atoms with Crippen molar-refractivity contribution in [3.05, 3.63) is 77.1 Å². The lowest BCUT2D eigenvalue weighted by Crippen LogP contribution is -2.39. The van der Waals surface area contributed by atoms with Crippen molar-refractivity contribution >= 4 is 15.5 Å². The maximum Gasteiger partial charge on any atom is 0.417 e.